The molecular weight excluding hydrogens is 384 g/mol. The van der Waals surface area contributed by atoms with E-state index in [1.54, 1.807) is 7.11 Å². The molecule has 1 aliphatic heterocycles. The average molecular weight is 419 g/mol. The number of morpholine rings is 1. The van der Waals surface area contributed by atoms with Crippen LogP contribution in [-0.4, -0.2) is 55.2 Å². The molecule has 2 aliphatic rings. The molecule has 1 saturated carbocycles. The number of hydrazone groups is 1. The van der Waals surface area contributed by atoms with Crippen molar-refractivity contribution in [2.24, 2.45) is 11.0 Å². The Kier molecular flexibility index (Phi) is 8.27. The van der Waals surface area contributed by atoms with E-state index in [1.165, 1.54) is 25.7 Å². The van der Waals surface area contributed by atoms with Crippen molar-refractivity contribution >= 4 is 23.0 Å². The largest absolute Gasteiger partial charge is 0.496 e. The fraction of sp³-hybridized carbons (Fsp3) is 0.636. The lowest BCUT2D eigenvalue weighted by molar-refractivity contribution is 0.0339. The number of benzene rings is 1. The Hall–Kier alpha value is -1.70. The summed E-state index contributed by atoms with van der Waals surface area (Å²) in [6.45, 7) is 8.61. The van der Waals surface area contributed by atoms with E-state index >= 15 is 0 Å². The van der Waals surface area contributed by atoms with Gasteiger partial charge in [0.2, 0.25) is 0 Å². The molecule has 6 nitrogen and oxygen atoms in total. The molecule has 0 aromatic heterocycles. The Morgan fingerprint density at radius 3 is 2.76 bits per heavy atom. The molecule has 0 unspecified atom stereocenters. The second-order valence-corrected chi connectivity index (χ2v) is 8.47. The molecule has 2 atom stereocenters. The van der Waals surface area contributed by atoms with Crippen LogP contribution in [0.2, 0.25) is 0 Å². The van der Waals surface area contributed by atoms with Crippen molar-refractivity contribution in [1.82, 2.24) is 15.6 Å². The molecule has 1 saturated heterocycles. The fourth-order valence-electron chi connectivity index (χ4n) is 4.06. The molecule has 3 rings (SSSR count). The highest BCUT2D eigenvalue weighted by atomic mass is 32.1. The molecule has 7 heteroatoms. The Labute approximate surface area is 180 Å². The van der Waals surface area contributed by atoms with Crippen molar-refractivity contribution in [3.63, 3.8) is 0 Å². The molecule has 160 valence electrons. The maximum Gasteiger partial charge on any atom is 0.187 e. The van der Waals surface area contributed by atoms with Gasteiger partial charge < -0.3 is 14.8 Å². The summed E-state index contributed by atoms with van der Waals surface area (Å²) in [6.07, 6.45) is 5.03. The highest BCUT2D eigenvalue weighted by molar-refractivity contribution is 7.80. The van der Waals surface area contributed by atoms with Gasteiger partial charge in [-0.15, -0.1) is 0 Å². The molecule has 2 N–H and O–H groups in total. The molecule has 1 aromatic rings. The number of hydrogen-bond acceptors (Lipinski definition) is 5. The van der Waals surface area contributed by atoms with Crippen molar-refractivity contribution in [3.8, 4) is 5.75 Å². The first-order chi connectivity index (χ1) is 14.1. The Bertz CT molecular complexity index is 719. The van der Waals surface area contributed by atoms with E-state index in [-0.39, 0.29) is 0 Å². The summed E-state index contributed by atoms with van der Waals surface area (Å²) >= 11 is 5.46. The molecule has 2 fully saturated rings. The molecule has 1 aliphatic carbocycles. The number of nitrogens with zero attached hydrogens (tertiary/aromatic N) is 2. The van der Waals surface area contributed by atoms with Crippen LogP contribution in [0.4, 0.5) is 0 Å². The Morgan fingerprint density at radius 2 is 2.03 bits per heavy atom. The summed E-state index contributed by atoms with van der Waals surface area (Å²) in [5, 5.41) is 8.55. The highest BCUT2D eigenvalue weighted by Crippen LogP contribution is 2.24. The van der Waals surface area contributed by atoms with Crippen LogP contribution in [0.15, 0.2) is 23.3 Å². The lowest BCUT2D eigenvalue weighted by Crippen LogP contribution is -2.44. The van der Waals surface area contributed by atoms with Crippen LogP contribution in [0.25, 0.3) is 0 Å². The summed E-state index contributed by atoms with van der Waals surface area (Å²) in [4.78, 5) is 2.39. The topological polar surface area (TPSA) is 58.1 Å². The minimum absolute atomic E-state index is 0.445. The van der Waals surface area contributed by atoms with Gasteiger partial charge in [0.15, 0.2) is 5.11 Å². The first-order valence-corrected chi connectivity index (χ1v) is 11.1. The quantitative estimate of drug-likeness (QED) is 0.420. The van der Waals surface area contributed by atoms with Crippen LogP contribution in [0.5, 0.6) is 5.75 Å². The van der Waals surface area contributed by atoms with Crippen molar-refractivity contribution in [1.29, 1.82) is 0 Å². The van der Waals surface area contributed by atoms with E-state index in [0.717, 1.165) is 55.4 Å². The zero-order valence-corrected chi connectivity index (χ0v) is 18.7. The van der Waals surface area contributed by atoms with E-state index in [9.17, 15) is 0 Å². The third kappa shape index (κ3) is 6.39. The second kappa shape index (κ2) is 10.9. The minimum Gasteiger partial charge on any atom is -0.496 e. The van der Waals surface area contributed by atoms with E-state index in [2.05, 4.69) is 33.7 Å². The second-order valence-electron chi connectivity index (χ2n) is 8.07. The normalized spacial score (nSPS) is 23.5. The lowest BCUT2D eigenvalue weighted by atomic mass is 9.86. The summed E-state index contributed by atoms with van der Waals surface area (Å²) in [7, 11) is 1.72. The first-order valence-electron chi connectivity index (χ1n) is 10.6. The predicted octanol–water partition coefficient (Wildman–Crippen LogP) is 3.29. The maximum absolute atomic E-state index is 5.57. The van der Waals surface area contributed by atoms with Gasteiger partial charge >= 0.3 is 0 Å². The number of hydrogen-bond donors (Lipinski definition) is 2. The third-order valence-corrected chi connectivity index (χ3v) is 6.16. The minimum atomic E-state index is 0.445. The number of rotatable bonds is 6. The Balaban J connectivity index is 1.62. The van der Waals surface area contributed by atoms with Crippen molar-refractivity contribution in [2.45, 2.75) is 52.1 Å². The molecular formula is C22H34N4O2S. The summed E-state index contributed by atoms with van der Waals surface area (Å²) in [6, 6.07) is 6.67. The van der Waals surface area contributed by atoms with E-state index in [0.29, 0.717) is 17.1 Å². The van der Waals surface area contributed by atoms with Crippen molar-refractivity contribution in [3.05, 3.63) is 29.3 Å². The molecule has 0 amide bonds. The molecule has 1 aromatic carbocycles. The molecule has 0 spiro atoms. The van der Waals surface area contributed by atoms with E-state index in [4.69, 9.17) is 21.7 Å². The van der Waals surface area contributed by atoms with Crippen LogP contribution < -0.4 is 15.5 Å². The molecule has 0 radical (unpaired) electrons. The van der Waals surface area contributed by atoms with Gasteiger partial charge in [0.25, 0.3) is 0 Å². The lowest BCUT2D eigenvalue weighted by Gasteiger charge is -2.30. The van der Waals surface area contributed by atoms with Crippen LogP contribution in [-0.2, 0) is 11.3 Å². The van der Waals surface area contributed by atoms with Crippen molar-refractivity contribution < 1.29 is 9.47 Å². The van der Waals surface area contributed by atoms with Gasteiger partial charge in [0, 0.05) is 31.2 Å². The zero-order chi connectivity index (χ0) is 20.6. The van der Waals surface area contributed by atoms with Crippen LogP contribution in [0, 0.1) is 5.92 Å². The van der Waals surface area contributed by atoms with Crippen molar-refractivity contribution in [2.75, 3.05) is 33.4 Å². The first kappa shape index (κ1) is 22.0. The van der Waals surface area contributed by atoms with Crippen LogP contribution in [0.1, 0.15) is 50.7 Å². The summed E-state index contributed by atoms with van der Waals surface area (Å²) < 4.78 is 11.0. The Morgan fingerprint density at radius 1 is 1.28 bits per heavy atom. The van der Waals surface area contributed by atoms with Gasteiger partial charge in [-0.3, -0.25) is 10.3 Å². The number of nitrogens with one attached hydrogen (secondary N) is 2. The average Bonchev–Trinajstić information content (AvgIpc) is 2.74. The van der Waals surface area contributed by atoms with Gasteiger partial charge in [-0.05, 0) is 61.7 Å². The summed E-state index contributed by atoms with van der Waals surface area (Å²) in [5.41, 5.74) is 6.16. The third-order valence-electron chi connectivity index (χ3n) is 5.95. The molecule has 29 heavy (non-hydrogen) atoms. The number of methoxy groups -OCH3 is 1. The SMILES string of the molecule is COc1ccc(/C(C)=N\NC(=S)N[C@H]2CCCC[C@H]2C)cc1CN1CCOCC1. The van der Waals surface area contributed by atoms with Gasteiger partial charge in [-0.1, -0.05) is 19.8 Å². The maximum atomic E-state index is 5.57. The molecule has 0 bridgehead atoms. The number of thiocarbonyl (C=S) groups is 1. The van der Waals surface area contributed by atoms with Gasteiger partial charge in [0.05, 0.1) is 26.0 Å². The number of ether oxygens (including phenoxy) is 2. The standard InChI is InChI=1S/C22H34N4O2S/c1-16-6-4-5-7-20(16)23-22(29)25-24-17(2)18-8-9-21(27-3)19(14-18)15-26-10-12-28-13-11-26/h8-9,14,16,20H,4-7,10-13,15H2,1-3H3,(H2,23,25,29)/b24-17-/t16-,20+/m1/s1. The smallest absolute Gasteiger partial charge is 0.187 e. The fourth-order valence-corrected chi connectivity index (χ4v) is 4.25. The van der Waals surface area contributed by atoms with Crippen LogP contribution >= 0.6 is 12.2 Å². The van der Waals surface area contributed by atoms with E-state index in [1.807, 2.05) is 19.1 Å². The van der Waals surface area contributed by atoms with Crippen LogP contribution in [0.3, 0.4) is 0 Å². The molecule has 1 heterocycles. The van der Waals surface area contributed by atoms with Gasteiger partial charge in [-0.2, -0.15) is 5.10 Å². The zero-order valence-electron chi connectivity index (χ0n) is 17.9. The van der Waals surface area contributed by atoms with Gasteiger partial charge in [-0.25, -0.2) is 0 Å². The monoisotopic (exact) mass is 418 g/mol. The van der Waals surface area contributed by atoms with Gasteiger partial charge in [0.1, 0.15) is 5.75 Å². The predicted molar refractivity (Wildman–Crippen MR) is 122 cm³/mol. The highest BCUT2D eigenvalue weighted by Gasteiger charge is 2.21. The van der Waals surface area contributed by atoms with E-state index < -0.39 is 0 Å². The summed E-state index contributed by atoms with van der Waals surface area (Å²) in [5.74, 6) is 1.56.